The van der Waals surface area contributed by atoms with Crippen molar-refractivity contribution in [2.24, 2.45) is 5.73 Å². The third-order valence-corrected chi connectivity index (χ3v) is 3.29. The van der Waals surface area contributed by atoms with E-state index in [1.54, 1.807) is 13.8 Å². The molecule has 0 aliphatic rings. The van der Waals surface area contributed by atoms with Gasteiger partial charge in [-0.3, -0.25) is 5.41 Å². The second-order valence-corrected chi connectivity index (χ2v) is 4.48. The van der Waals surface area contributed by atoms with Gasteiger partial charge >= 0.3 is 0 Å². The van der Waals surface area contributed by atoms with Gasteiger partial charge < -0.3 is 5.73 Å². The smallest absolute Gasteiger partial charge is 0.152 e. The van der Waals surface area contributed by atoms with Crippen molar-refractivity contribution in [1.82, 2.24) is 9.78 Å². The van der Waals surface area contributed by atoms with Crippen LogP contribution < -0.4 is 5.73 Å². The molecule has 100 valence electrons. The molecule has 0 saturated carbocycles. The summed E-state index contributed by atoms with van der Waals surface area (Å²) < 4.78 is 29.1. The third kappa shape index (κ3) is 2.19. The second-order valence-electron chi connectivity index (χ2n) is 4.10. The van der Waals surface area contributed by atoms with E-state index in [1.165, 1.54) is 0 Å². The minimum absolute atomic E-state index is 0.0219. The number of amidine groups is 1. The Morgan fingerprint density at radius 1 is 1.32 bits per heavy atom. The third-order valence-electron chi connectivity index (χ3n) is 2.74. The summed E-state index contributed by atoms with van der Waals surface area (Å²) >= 11 is 5.95. The largest absolute Gasteiger partial charge is 0.384 e. The Balaban J connectivity index is 2.69. The zero-order valence-corrected chi connectivity index (χ0v) is 11.0. The monoisotopic (exact) mass is 284 g/mol. The zero-order valence-electron chi connectivity index (χ0n) is 10.3. The van der Waals surface area contributed by atoms with E-state index in [2.05, 4.69) is 5.10 Å². The highest BCUT2D eigenvalue weighted by atomic mass is 35.5. The lowest BCUT2D eigenvalue weighted by Crippen LogP contribution is -2.14. The summed E-state index contributed by atoms with van der Waals surface area (Å²) in [6, 6.07) is 1.98. The standard InChI is InChI=1S/C12H11ClF2N4/c1-5-10(13)6(2)19(18-5)11-8(14)3-7(12(16)17)4-9(11)15/h3-4H,1-2H3,(H3,16,17). The Kier molecular flexibility index (Phi) is 3.28. The molecule has 0 atom stereocenters. The molecule has 4 nitrogen and oxygen atoms in total. The van der Waals surface area contributed by atoms with E-state index < -0.39 is 17.5 Å². The average Bonchev–Trinajstić information content (AvgIpc) is 2.56. The Morgan fingerprint density at radius 2 is 1.84 bits per heavy atom. The normalized spacial score (nSPS) is 10.8. The molecular weight excluding hydrogens is 274 g/mol. The van der Waals surface area contributed by atoms with Gasteiger partial charge in [0, 0.05) is 5.56 Å². The van der Waals surface area contributed by atoms with Gasteiger partial charge in [-0.2, -0.15) is 5.10 Å². The SMILES string of the molecule is Cc1nn(-c2c(F)cc(C(=N)N)cc2F)c(C)c1Cl. The van der Waals surface area contributed by atoms with Crippen molar-refractivity contribution in [3.63, 3.8) is 0 Å². The highest BCUT2D eigenvalue weighted by Crippen LogP contribution is 2.26. The lowest BCUT2D eigenvalue weighted by Gasteiger charge is -2.09. The lowest BCUT2D eigenvalue weighted by molar-refractivity contribution is 0.556. The predicted octanol–water partition coefficient (Wildman–Crippen LogP) is 2.70. The molecule has 1 aromatic carbocycles. The van der Waals surface area contributed by atoms with Crippen LogP contribution in [0.3, 0.4) is 0 Å². The molecule has 0 radical (unpaired) electrons. The van der Waals surface area contributed by atoms with Crippen LogP contribution in [0, 0.1) is 30.9 Å². The van der Waals surface area contributed by atoms with E-state index in [4.69, 9.17) is 22.7 Å². The first kappa shape index (κ1) is 13.5. The topological polar surface area (TPSA) is 67.7 Å². The van der Waals surface area contributed by atoms with Crippen LogP contribution in [0.2, 0.25) is 5.02 Å². The first-order chi connectivity index (χ1) is 8.82. The van der Waals surface area contributed by atoms with E-state index in [-0.39, 0.29) is 11.3 Å². The summed E-state index contributed by atoms with van der Waals surface area (Å²) in [7, 11) is 0. The van der Waals surface area contributed by atoms with Crippen molar-refractivity contribution in [2.75, 3.05) is 0 Å². The molecule has 1 aromatic heterocycles. The number of hydrogen-bond donors (Lipinski definition) is 2. The predicted molar refractivity (Wildman–Crippen MR) is 69.0 cm³/mol. The van der Waals surface area contributed by atoms with Crippen LogP contribution in [0.25, 0.3) is 5.69 Å². The molecule has 0 unspecified atom stereocenters. The van der Waals surface area contributed by atoms with Gasteiger partial charge in [-0.15, -0.1) is 0 Å². The van der Waals surface area contributed by atoms with Gasteiger partial charge in [-0.25, -0.2) is 13.5 Å². The number of nitrogens with one attached hydrogen (secondary N) is 1. The van der Waals surface area contributed by atoms with E-state index in [1.807, 2.05) is 0 Å². The van der Waals surface area contributed by atoms with Crippen molar-refractivity contribution >= 4 is 17.4 Å². The maximum absolute atomic E-state index is 14.0. The van der Waals surface area contributed by atoms with E-state index >= 15 is 0 Å². The number of nitrogen functional groups attached to an aromatic ring is 1. The molecule has 0 aliphatic heterocycles. The van der Waals surface area contributed by atoms with Gasteiger partial charge in [0.1, 0.15) is 11.5 Å². The Labute approximate surface area is 113 Å². The summed E-state index contributed by atoms with van der Waals surface area (Å²) in [6.07, 6.45) is 0. The molecule has 0 fully saturated rings. The molecular formula is C12H11ClF2N4. The zero-order chi connectivity index (χ0) is 14.3. The van der Waals surface area contributed by atoms with Gasteiger partial charge in [0.25, 0.3) is 0 Å². The molecule has 1 heterocycles. The van der Waals surface area contributed by atoms with Crippen LogP contribution >= 0.6 is 11.6 Å². The number of nitrogens with two attached hydrogens (primary N) is 1. The van der Waals surface area contributed by atoms with Crippen LogP contribution in [-0.4, -0.2) is 15.6 Å². The van der Waals surface area contributed by atoms with Crippen LogP contribution in [0.4, 0.5) is 8.78 Å². The second kappa shape index (κ2) is 4.62. The lowest BCUT2D eigenvalue weighted by atomic mass is 10.1. The van der Waals surface area contributed by atoms with Crippen molar-refractivity contribution < 1.29 is 8.78 Å². The van der Waals surface area contributed by atoms with Crippen molar-refractivity contribution in [3.05, 3.63) is 45.7 Å². The molecule has 2 rings (SSSR count). The fraction of sp³-hybridized carbons (Fsp3) is 0.167. The van der Waals surface area contributed by atoms with Gasteiger partial charge in [-0.1, -0.05) is 11.6 Å². The molecule has 0 aliphatic carbocycles. The quantitative estimate of drug-likeness (QED) is 0.658. The van der Waals surface area contributed by atoms with Crippen LogP contribution in [0.15, 0.2) is 12.1 Å². The fourth-order valence-corrected chi connectivity index (χ4v) is 1.88. The number of aryl methyl sites for hydroxylation is 1. The van der Waals surface area contributed by atoms with E-state index in [0.29, 0.717) is 16.4 Å². The Morgan fingerprint density at radius 3 is 2.21 bits per heavy atom. The molecule has 19 heavy (non-hydrogen) atoms. The highest BCUT2D eigenvalue weighted by molar-refractivity contribution is 6.31. The molecule has 3 N–H and O–H groups in total. The van der Waals surface area contributed by atoms with E-state index in [0.717, 1.165) is 16.8 Å². The maximum Gasteiger partial charge on any atom is 0.152 e. The number of benzene rings is 1. The number of hydrogen-bond acceptors (Lipinski definition) is 2. The van der Waals surface area contributed by atoms with Crippen molar-refractivity contribution in [3.8, 4) is 5.69 Å². The van der Waals surface area contributed by atoms with Gasteiger partial charge in [-0.05, 0) is 26.0 Å². The summed E-state index contributed by atoms with van der Waals surface area (Å²) in [5.41, 5.74) is 5.77. The average molecular weight is 285 g/mol. The summed E-state index contributed by atoms with van der Waals surface area (Å²) in [4.78, 5) is 0. The van der Waals surface area contributed by atoms with Gasteiger partial charge in [0.05, 0.1) is 16.4 Å². The molecule has 0 spiro atoms. The van der Waals surface area contributed by atoms with Crippen molar-refractivity contribution in [2.45, 2.75) is 13.8 Å². The summed E-state index contributed by atoms with van der Waals surface area (Å²) in [5.74, 6) is -2.12. The Hall–Kier alpha value is -1.95. The first-order valence-electron chi connectivity index (χ1n) is 5.38. The molecule has 7 heteroatoms. The number of nitrogens with zero attached hydrogens (tertiary/aromatic N) is 2. The molecule has 0 amide bonds. The number of rotatable bonds is 2. The summed E-state index contributed by atoms with van der Waals surface area (Å²) in [6.45, 7) is 3.26. The number of halogens is 3. The molecule has 0 saturated heterocycles. The van der Waals surface area contributed by atoms with E-state index in [9.17, 15) is 8.78 Å². The fourth-order valence-electron chi connectivity index (χ4n) is 1.76. The highest BCUT2D eigenvalue weighted by Gasteiger charge is 2.19. The first-order valence-corrected chi connectivity index (χ1v) is 5.76. The molecule has 0 bridgehead atoms. The van der Waals surface area contributed by atoms with Crippen LogP contribution in [0.5, 0.6) is 0 Å². The van der Waals surface area contributed by atoms with Crippen LogP contribution in [-0.2, 0) is 0 Å². The number of aromatic nitrogens is 2. The van der Waals surface area contributed by atoms with Gasteiger partial charge in [0.2, 0.25) is 0 Å². The minimum Gasteiger partial charge on any atom is -0.384 e. The minimum atomic E-state index is -0.854. The summed E-state index contributed by atoms with van der Waals surface area (Å²) in [5, 5.41) is 11.5. The van der Waals surface area contributed by atoms with Crippen LogP contribution in [0.1, 0.15) is 17.0 Å². The molecule has 2 aromatic rings. The maximum atomic E-state index is 14.0. The van der Waals surface area contributed by atoms with Gasteiger partial charge in [0.15, 0.2) is 11.6 Å². The Bertz CT molecular complexity index is 656. The van der Waals surface area contributed by atoms with Crippen molar-refractivity contribution in [1.29, 1.82) is 5.41 Å².